The van der Waals surface area contributed by atoms with Crippen LogP contribution in [0.4, 0.5) is 5.69 Å². The van der Waals surface area contributed by atoms with Gasteiger partial charge in [0.1, 0.15) is 0 Å². The Morgan fingerprint density at radius 2 is 1.50 bits per heavy atom. The van der Waals surface area contributed by atoms with E-state index in [1.807, 2.05) is 30.3 Å². The summed E-state index contributed by atoms with van der Waals surface area (Å²) >= 11 is 12.5. The van der Waals surface area contributed by atoms with Gasteiger partial charge in [-0.25, -0.2) is 8.42 Å². The molecule has 34 heavy (non-hydrogen) atoms. The molecule has 0 spiro atoms. The highest BCUT2D eigenvalue weighted by Gasteiger charge is 2.22. The van der Waals surface area contributed by atoms with Gasteiger partial charge in [0.2, 0.25) is 10.0 Å². The quantitative estimate of drug-likeness (QED) is 0.352. The van der Waals surface area contributed by atoms with E-state index in [1.165, 1.54) is 4.31 Å². The van der Waals surface area contributed by atoms with E-state index in [9.17, 15) is 13.2 Å². The van der Waals surface area contributed by atoms with Gasteiger partial charge < -0.3 is 5.32 Å². The van der Waals surface area contributed by atoms with Gasteiger partial charge in [-0.15, -0.1) is 0 Å². The van der Waals surface area contributed by atoms with Crippen LogP contribution in [0.3, 0.4) is 0 Å². The van der Waals surface area contributed by atoms with Crippen molar-refractivity contribution in [1.29, 1.82) is 0 Å². The van der Waals surface area contributed by atoms with Gasteiger partial charge in [0.05, 0.1) is 24.5 Å². The number of anilines is 1. The number of hydrogen-bond acceptors (Lipinski definition) is 3. The Labute approximate surface area is 211 Å². The molecular weight excluding hydrogens is 491 g/mol. The van der Waals surface area contributed by atoms with Gasteiger partial charge in [-0.05, 0) is 54.3 Å². The molecule has 180 valence electrons. The van der Waals surface area contributed by atoms with Crippen molar-refractivity contribution in [1.82, 2.24) is 5.32 Å². The summed E-state index contributed by atoms with van der Waals surface area (Å²) in [4.78, 5) is 13.0. The van der Waals surface area contributed by atoms with E-state index >= 15 is 0 Å². The lowest BCUT2D eigenvalue weighted by atomic mass is 9.96. The van der Waals surface area contributed by atoms with Gasteiger partial charge in [-0.2, -0.15) is 0 Å². The Morgan fingerprint density at radius 3 is 2.03 bits per heavy atom. The summed E-state index contributed by atoms with van der Waals surface area (Å²) in [5, 5.41) is 3.88. The van der Waals surface area contributed by atoms with E-state index in [-0.39, 0.29) is 18.5 Å². The van der Waals surface area contributed by atoms with Crippen LogP contribution in [-0.2, 0) is 16.6 Å². The van der Waals surface area contributed by atoms with Crippen molar-refractivity contribution in [2.45, 2.75) is 32.9 Å². The maximum Gasteiger partial charge on any atom is 0.251 e. The predicted molar refractivity (Wildman–Crippen MR) is 140 cm³/mol. The molecule has 1 unspecified atom stereocenters. The number of carbonyl (C=O) groups excluding carboxylic acids is 1. The van der Waals surface area contributed by atoms with Crippen LogP contribution in [0.5, 0.6) is 0 Å². The molecule has 0 saturated carbocycles. The second-order valence-corrected chi connectivity index (χ2v) is 11.3. The van der Waals surface area contributed by atoms with Crippen molar-refractivity contribution in [3.05, 3.63) is 99.5 Å². The fraction of sp³-hybridized carbons (Fsp3) is 0.269. The van der Waals surface area contributed by atoms with Gasteiger partial charge in [0.15, 0.2) is 0 Å². The van der Waals surface area contributed by atoms with E-state index in [0.717, 1.165) is 18.2 Å². The molecule has 1 amide bonds. The Balaban J connectivity index is 1.83. The lowest BCUT2D eigenvalue weighted by Crippen LogP contribution is -2.30. The summed E-state index contributed by atoms with van der Waals surface area (Å²) in [6.45, 7) is 4.21. The summed E-state index contributed by atoms with van der Waals surface area (Å²) in [6.07, 6.45) is 1.92. The lowest BCUT2D eigenvalue weighted by Gasteiger charge is -2.24. The van der Waals surface area contributed by atoms with Gasteiger partial charge in [-0.1, -0.05) is 73.4 Å². The van der Waals surface area contributed by atoms with Crippen LogP contribution >= 0.6 is 23.2 Å². The summed E-state index contributed by atoms with van der Waals surface area (Å²) in [7, 11) is -3.64. The first kappa shape index (κ1) is 26.1. The smallest absolute Gasteiger partial charge is 0.251 e. The number of carbonyl (C=O) groups is 1. The molecule has 3 aromatic rings. The summed E-state index contributed by atoms with van der Waals surface area (Å²) in [5.41, 5.74) is 2.41. The maximum absolute atomic E-state index is 13.0. The van der Waals surface area contributed by atoms with E-state index in [1.54, 1.807) is 42.5 Å². The van der Waals surface area contributed by atoms with Crippen LogP contribution in [0.15, 0.2) is 72.8 Å². The van der Waals surface area contributed by atoms with Crippen LogP contribution < -0.4 is 9.62 Å². The summed E-state index contributed by atoms with van der Waals surface area (Å²) in [6, 6.07) is 21.2. The topological polar surface area (TPSA) is 66.5 Å². The van der Waals surface area contributed by atoms with Crippen molar-refractivity contribution < 1.29 is 13.2 Å². The fourth-order valence-electron chi connectivity index (χ4n) is 3.68. The average molecular weight is 519 g/mol. The standard InChI is InChI=1S/C26H28Cl2N2O3S/c1-18(2)16-25(19-8-5-4-6-9-19)29-26(31)20-12-14-21(15-13-20)30(34(3,32)33)17-22-23(27)10-7-11-24(22)28/h4-15,18,25H,16-17H2,1-3H3,(H,29,31). The van der Waals surface area contributed by atoms with Crippen LogP contribution in [-0.4, -0.2) is 20.6 Å². The van der Waals surface area contributed by atoms with Crippen molar-refractivity contribution >= 4 is 44.8 Å². The molecule has 0 fully saturated rings. The zero-order chi connectivity index (χ0) is 24.9. The van der Waals surface area contributed by atoms with Gasteiger partial charge in [-0.3, -0.25) is 9.10 Å². The van der Waals surface area contributed by atoms with E-state index in [4.69, 9.17) is 23.2 Å². The highest BCUT2D eigenvalue weighted by Crippen LogP contribution is 2.29. The molecule has 0 heterocycles. The van der Waals surface area contributed by atoms with Crippen LogP contribution in [0.2, 0.25) is 10.0 Å². The minimum atomic E-state index is -3.64. The minimum Gasteiger partial charge on any atom is -0.345 e. The summed E-state index contributed by atoms with van der Waals surface area (Å²) in [5.74, 6) is 0.175. The fourth-order valence-corrected chi connectivity index (χ4v) is 5.07. The lowest BCUT2D eigenvalue weighted by molar-refractivity contribution is 0.0932. The van der Waals surface area contributed by atoms with Crippen LogP contribution in [0.1, 0.15) is 47.8 Å². The molecule has 0 aliphatic heterocycles. The van der Waals surface area contributed by atoms with Crippen LogP contribution in [0, 0.1) is 5.92 Å². The van der Waals surface area contributed by atoms with Gasteiger partial charge >= 0.3 is 0 Å². The second kappa shape index (κ2) is 11.3. The highest BCUT2D eigenvalue weighted by molar-refractivity contribution is 7.92. The number of hydrogen-bond donors (Lipinski definition) is 1. The number of nitrogens with zero attached hydrogens (tertiary/aromatic N) is 1. The molecule has 0 radical (unpaired) electrons. The van der Waals surface area contributed by atoms with E-state index in [0.29, 0.717) is 32.8 Å². The second-order valence-electron chi connectivity index (χ2n) is 8.58. The average Bonchev–Trinajstić information content (AvgIpc) is 2.78. The molecule has 0 aliphatic rings. The first-order chi connectivity index (χ1) is 16.1. The van der Waals surface area contributed by atoms with Gasteiger partial charge in [0, 0.05) is 21.2 Å². The van der Waals surface area contributed by atoms with Crippen molar-refractivity contribution in [2.75, 3.05) is 10.6 Å². The third kappa shape index (κ3) is 6.75. The molecule has 3 aromatic carbocycles. The Hall–Kier alpha value is -2.54. The zero-order valence-electron chi connectivity index (χ0n) is 19.3. The Kier molecular flexibility index (Phi) is 8.63. The molecule has 5 nitrogen and oxygen atoms in total. The van der Waals surface area contributed by atoms with Crippen molar-refractivity contribution in [3.63, 3.8) is 0 Å². The molecular formula is C26H28Cl2N2O3S. The number of halogens is 2. The number of benzene rings is 3. The maximum atomic E-state index is 13.0. The minimum absolute atomic E-state index is 0.0205. The molecule has 0 aliphatic carbocycles. The molecule has 0 bridgehead atoms. The summed E-state index contributed by atoms with van der Waals surface area (Å²) < 4.78 is 26.3. The Morgan fingerprint density at radius 1 is 0.912 bits per heavy atom. The van der Waals surface area contributed by atoms with E-state index in [2.05, 4.69) is 19.2 Å². The molecule has 8 heteroatoms. The number of rotatable bonds is 9. The molecule has 3 rings (SSSR count). The number of nitrogens with one attached hydrogen (secondary N) is 1. The van der Waals surface area contributed by atoms with E-state index < -0.39 is 10.0 Å². The largest absolute Gasteiger partial charge is 0.345 e. The van der Waals surface area contributed by atoms with Crippen molar-refractivity contribution in [3.8, 4) is 0 Å². The first-order valence-corrected chi connectivity index (χ1v) is 13.5. The molecule has 1 N–H and O–H groups in total. The molecule has 0 saturated heterocycles. The third-order valence-corrected chi connectivity index (χ3v) is 7.24. The first-order valence-electron chi connectivity index (χ1n) is 10.9. The monoisotopic (exact) mass is 518 g/mol. The molecule has 0 aromatic heterocycles. The van der Waals surface area contributed by atoms with Gasteiger partial charge in [0.25, 0.3) is 5.91 Å². The molecule has 1 atom stereocenters. The normalized spacial score (nSPS) is 12.4. The number of sulfonamides is 1. The SMILES string of the molecule is CC(C)CC(NC(=O)c1ccc(N(Cc2c(Cl)cccc2Cl)S(C)(=O)=O)cc1)c1ccccc1. The van der Waals surface area contributed by atoms with Crippen molar-refractivity contribution in [2.24, 2.45) is 5.92 Å². The number of amides is 1. The highest BCUT2D eigenvalue weighted by atomic mass is 35.5. The Bertz CT molecular complexity index is 1210. The third-order valence-electron chi connectivity index (χ3n) is 5.40. The predicted octanol–water partition coefficient (Wildman–Crippen LogP) is 6.48. The van der Waals surface area contributed by atoms with Crippen LogP contribution in [0.25, 0.3) is 0 Å². The zero-order valence-corrected chi connectivity index (χ0v) is 21.7.